The number of nitrogens with zero attached hydrogens (tertiary/aromatic N) is 1. The smallest absolute Gasteiger partial charge is 0.318 e. The lowest BCUT2D eigenvalue weighted by molar-refractivity contribution is -1.07. The van der Waals surface area contributed by atoms with Crippen LogP contribution in [0.2, 0.25) is 0 Å². The molecule has 0 atom stereocenters. The quantitative estimate of drug-likeness (QED) is 0.481. The maximum absolute atomic E-state index is 12.8. The second-order valence-corrected chi connectivity index (χ2v) is 6.26. The lowest BCUT2D eigenvalue weighted by Crippen LogP contribution is -2.41. The lowest BCUT2D eigenvalue weighted by atomic mass is 9.88. The van der Waals surface area contributed by atoms with Crippen molar-refractivity contribution < 1.29 is 23.8 Å². The van der Waals surface area contributed by atoms with Crippen molar-refractivity contribution in [2.45, 2.75) is 5.92 Å². The van der Waals surface area contributed by atoms with Gasteiger partial charge in [0.25, 0.3) is 0 Å². The highest BCUT2D eigenvalue weighted by Crippen LogP contribution is 2.44. The molecule has 0 saturated heterocycles. The van der Waals surface area contributed by atoms with E-state index in [1.807, 2.05) is 62.6 Å². The monoisotopic (exact) mass is 328 g/mol. The maximum atomic E-state index is 12.8. The fourth-order valence-electron chi connectivity index (χ4n) is 2.70. The van der Waals surface area contributed by atoms with Gasteiger partial charge in [-0.25, -0.2) is 4.84 Å². The van der Waals surface area contributed by atoms with Gasteiger partial charge in [0, 0.05) is 11.1 Å². The van der Waals surface area contributed by atoms with Crippen LogP contribution < -0.4 is 4.74 Å². The minimum atomic E-state index is -0.468. The van der Waals surface area contributed by atoms with E-state index in [0.717, 1.165) is 11.1 Å². The SMILES string of the molecule is CO[N+](C)(C)CCOC(=O)C1c2ccccc2Oc2ccccc21. The minimum absolute atomic E-state index is 0.269. The molecule has 0 saturated carbocycles. The first-order chi connectivity index (χ1) is 11.5. The predicted octanol–water partition coefficient (Wildman–Crippen LogP) is 3.11. The van der Waals surface area contributed by atoms with Crippen LogP contribution in [0, 0.1) is 0 Å². The molecule has 2 aromatic rings. The Hall–Kier alpha value is -2.37. The molecule has 0 N–H and O–H groups in total. The van der Waals surface area contributed by atoms with Gasteiger partial charge in [-0.15, -0.1) is 0 Å². The van der Waals surface area contributed by atoms with Crippen LogP contribution in [0.5, 0.6) is 11.5 Å². The number of quaternary nitrogens is 1. The van der Waals surface area contributed by atoms with Gasteiger partial charge in [0.2, 0.25) is 0 Å². The van der Waals surface area contributed by atoms with E-state index in [2.05, 4.69) is 0 Å². The highest BCUT2D eigenvalue weighted by molar-refractivity contribution is 5.85. The molecule has 0 bridgehead atoms. The Morgan fingerprint density at radius 1 is 1.04 bits per heavy atom. The van der Waals surface area contributed by atoms with Crippen LogP contribution >= 0.6 is 0 Å². The van der Waals surface area contributed by atoms with Gasteiger partial charge in [-0.2, -0.15) is 4.65 Å². The van der Waals surface area contributed by atoms with Crippen molar-refractivity contribution in [3.8, 4) is 11.5 Å². The second kappa shape index (κ2) is 6.63. The summed E-state index contributed by atoms with van der Waals surface area (Å²) in [5, 5.41) is 0. The number of fused-ring (bicyclic) bond motifs is 2. The van der Waals surface area contributed by atoms with Gasteiger partial charge in [0.05, 0.1) is 21.2 Å². The van der Waals surface area contributed by atoms with Crippen molar-refractivity contribution in [3.63, 3.8) is 0 Å². The molecule has 1 heterocycles. The average Bonchev–Trinajstić information content (AvgIpc) is 2.59. The summed E-state index contributed by atoms with van der Waals surface area (Å²) in [6.07, 6.45) is 0. The van der Waals surface area contributed by atoms with Gasteiger partial charge in [-0.3, -0.25) is 4.79 Å². The number of hydrogen-bond donors (Lipinski definition) is 0. The Morgan fingerprint density at radius 2 is 1.58 bits per heavy atom. The molecule has 0 spiro atoms. The van der Waals surface area contributed by atoms with Gasteiger partial charge in [0.15, 0.2) is 0 Å². The Balaban J connectivity index is 1.83. The molecule has 0 fully saturated rings. The van der Waals surface area contributed by atoms with Crippen LogP contribution in [-0.4, -0.2) is 45.0 Å². The van der Waals surface area contributed by atoms with Crippen LogP contribution in [0.3, 0.4) is 0 Å². The van der Waals surface area contributed by atoms with Crippen LogP contribution in [0.4, 0.5) is 0 Å². The highest BCUT2D eigenvalue weighted by Gasteiger charge is 2.33. The van der Waals surface area contributed by atoms with E-state index < -0.39 is 5.92 Å². The van der Waals surface area contributed by atoms with Gasteiger partial charge in [0.1, 0.15) is 30.6 Å². The molecule has 2 aromatic carbocycles. The number of carbonyl (C=O) groups is 1. The molecule has 0 unspecified atom stereocenters. The van der Waals surface area contributed by atoms with Gasteiger partial charge >= 0.3 is 5.97 Å². The van der Waals surface area contributed by atoms with Gasteiger partial charge in [-0.05, 0) is 12.1 Å². The van der Waals surface area contributed by atoms with Crippen LogP contribution in [-0.2, 0) is 14.4 Å². The Morgan fingerprint density at radius 3 is 2.12 bits per heavy atom. The summed E-state index contributed by atoms with van der Waals surface area (Å²) in [6.45, 7) is 0.871. The lowest BCUT2D eigenvalue weighted by Gasteiger charge is -2.28. The first kappa shape index (κ1) is 16.5. The summed E-state index contributed by atoms with van der Waals surface area (Å²) in [4.78, 5) is 18.1. The van der Waals surface area contributed by atoms with Crippen molar-refractivity contribution in [1.82, 2.24) is 0 Å². The Labute approximate surface area is 141 Å². The maximum Gasteiger partial charge on any atom is 0.318 e. The predicted molar refractivity (Wildman–Crippen MR) is 89.7 cm³/mol. The fraction of sp³-hybridized carbons (Fsp3) is 0.316. The Bertz CT molecular complexity index is 696. The third-order valence-corrected chi connectivity index (χ3v) is 4.28. The normalized spacial score (nSPS) is 13.6. The summed E-state index contributed by atoms with van der Waals surface area (Å²) in [5.74, 6) is 0.663. The number of ether oxygens (including phenoxy) is 2. The number of hydroxylamine groups is 3. The van der Waals surface area contributed by atoms with Crippen molar-refractivity contribution >= 4 is 5.97 Å². The zero-order valence-corrected chi connectivity index (χ0v) is 14.2. The van der Waals surface area contributed by atoms with Gasteiger partial charge in [-0.1, -0.05) is 36.4 Å². The first-order valence-corrected chi connectivity index (χ1v) is 7.93. The van der Waals surface area contributed by atoms with Crippen LogP contribution in [0.1, 0.15) is 17.0 Å². The molecule has 0 amide bonds. The minimum Gasteiger partial charge on any atom is -0.459 e. The fourth-order valence-corrected chi connectivity index (χ4v) is 2.70. The third-order valence-electron chi connectivity index (χ3n) is 4.28. The molecule has 3 rings (SSSR count). The first-order valence-electron chi connectivity index (χ1n) is 7.93. The zero-order chi connectivity index (χ0) is 17.2. The molecule has 0 aromatic heterocycles. The molecule has 1 aliphatic heterocycles. The standard InChI is InChI=1S/C19H22NO4/c1-20(2,22-3)12-13-23-19(21)18-14-8-4-6-10-16(14)24-17-11-7-5-9-15(17)18/h4-11,18H,12-13H2,1-3H3/q+1. The van der Waals surface area contributed by atoms with E-state index in [4.69, 9.17) is 14.3 Å². The number of hydrogen-bond acceptors (Lipinski definition) is 4. The second-order valence-electron chi connectivity index (χ2n) is 6.26. The summed E-state index contributed by atoms with van der Waals surface area (Å²) >= 11 is 0. The number of likely N-dealkylation sites (N-methyl/N-ethyl adjacent to an activating group) is 1. The van der Waals surface area contributed by atoms with Crippen molar-refractivity contribution in [2.75, 3.05) is 34.4 Å². The van der Waals surface area contributed by atoms with E-state index in [9.17, 15) is 4.79 Å². The van der Waals surface area contributed by atoms with Gasteiger partial charge < -0.3 is 9.47 Å². The topological polar surface area (TPSA) is 44.8 Å². The largest absolute Gasteiger partial charge is 0.459 e. The molecular weight excluding hydrogens is 306 g/mol. The van der Waals surface area contributed by atoms with E-state index in [1.54, 1.807) is 7.11 Å². The van der Waals surface area contributed by atoms with E-state index in [1.165, 1.54) is 0 Å². The van der Waals surface area contributed by atoms with Crippen LogP contribution in [0.25, 0.3) is 0 Å². The molecular formula is C19H22NO4+. The molecule has 5 nitrogen and oxygen atoms in total. The van der Waals surface area contributed by atoms with E-state index in [0.29, 0.717) is 29.3 Å². The molecule has 0 aliphatic carbocycles. The number of carbonyl (C=O) groups excluding carboxylic acids is 1. The number of esters is 1. The summed E-state index contributed by atoms with van der Waals surface area (Å²) in [7, 11) is 5.45. The van der Waals surface area contributed by atoms with E-state index >= 15 is 0 Å². The number of benzene rings is 2. The van der Waals surface area contributed by atoms with Crippen LogP contribution in [0.15, 0.2) is 48.5 Å². The highest BCUT2D eigenvalue weighted by atomic mass is 16.7. The molecule has 1 aliphatic rings. The summed E-state index contributed by atoms with van der Waals surface area (Å²) in [6, 6.07) is 15.2. The number of para-hydroxylation sites is 2. The summed E-state index contributed by atoms with van der Waals surface area (Å²) in [5.41, 5.74) is 1.67. The zero-order valence-electron chi connectivity index (χ0n) is 14.2. The molecule has 5 heteroatoms. The van der Waals surface area contributed by atoms with E-state index in [-0.39, 0.29) is 5.97 Å². The van der Waals surface area contributed by atoms with Crippen molar-refractivity contribution in [2.24, 2.45) is 0 Å². The third kappa shape index (κ3) is 3.27. The Kier molecular flexibility index (Phi) is 4.55. The number of rotatable bonds is 5. The molecule has 126 valence electrons. The molecule has 0 radical (unpaired) electrons. The van der Waals surface area contributed by atoms with Crippen molar-refractivity contribution in [3.05, 3.63) is 59.7 Å². The van der Waals surface area contributed by atoms with Crippen molar-refractivity contribution in [1.29, 1.82) is 0 Å². The average molecular weight is 328 g/mol. The molecule has 24 heavy (non-hydrogen) atoms. The summed E-state index contributed by atoms with van der Waals surface area (Å²) < 4.78 is 11.8.